The molecule has 14 heteroatoms. The molecule has 0 saturated heterocycles. The zero-order valence-corrected chi connectivity index (χ0v) is 24.4. The summed E-state index contributed by atoms with van der Waals surface area (Å²) in [6.07, 6.45) is 1.03. The number of nitrogens with zero attached hydrogens (tertiary/aromatic N) is 3. The van der Waals surface area contributed by atoms with E-state index >= 15 is 0 Å². The number of aliphatic carboxylic acids is 1. The number of ether oxygens (including phenoxy) is 1. The first-order chi connectivity index (χ1) is 19.7. The third kappa shape index (κ3) is 8.19. The maximum Gasteiger partial charge on any atom is 0.408 e. The van der Waals surface area contributed by atoms with Crippen LogP contribution in [-0.2, 0) is 22.4 Å². The van der Waals surface area contributed by atoms with Crippen LogP contribution in [0.5, 0.6) is 0 Å². The number of hydrogen-bond acceptors (Lipinski definition) is 9. The number of aromatic nitrogens is 2. The van der Waals surface area contributed by atoms with Gasteiger partial charge in [-0.05, 0) is 61.9 Å². The number of nitrogens with one attached hydrogen (secondary N) is 2. The van der Waals surface area contributed by atoms with Crippen LogP contribution in [0, 0.1) is 5.41 Å². The fourth-order valence-electron chi connectivity index (χ4n) is 4.33. The van der Waals surface area contributed by atoms with Gasteiger partial charge in [-0.3, -0.25) is 15.1 Å². The van der Waals surface area contributed by atoms with Crippen LogP contribution in [0.15, 0.2) is 36.4 Å². The molecular formula is C28H35ClN8O5. The van der Waals surface area contributed by atoms with Crippen molar-refractivity contribution >= 4 is 57.9 Å². The third-order valence-corrected chi connectivity index (χ3v) is 6.52. The van der Waals surface area contributed by atoms with Crippen LogP contribution in [0.3, 0.4) is 0 Å². The minimum Gasteiger partial charge on any atom is -0.480 e. The topological polar surface area (TPSA) is 224 Å². The Morgan fingerprint density at radius 3 is 2.26 bits per heavy atom. The van der Waals surface area contributed by atoms with Gasteiger partial charge in [0.15, 0.2) is 28.4 Å². The predicted molar refractivity (Wildman–Crippen MR) is 160 cm³/mol. The number of guanidine groups is 1. The van der Waals surface area contributed by atoms with Crippen LogP contribution >= 0.6 is 11.6 Å². The number of alkyl carbamates (subject to hydrolysis) is 1. The molecule has 0 bridgehead atoms. The van der Waals surface area contributed by atoms with Crippen LogP contribution in [-0.4, -0.2) is 62.1 Å². The number of halogens is 1. The Morgan fingerprint density at radius 2 is 1.67 bits per heavy atom. The molecule has 13 nitrogen and oxygen atoms in total. The molecule has 0 aliphatic carbocycles. The van der Waals surface area contributed by atoms with Crippen LogP contribution in [0.4, 0.5) is 16.4 Å². The fraction of sp³-hybridized carbons (Fsp3) is 0.357. The Hall–Kier alpha value is -4.65. The van der Waals surface area contributed by atoms with Crippen molar-refractivity contribution in [3.05, 3.63) is 58.4 Å². The molecule has 1 aromatic heterocycles. The minimum absolute atomic E-state index is 0.0617. The molecule has 0 spiro atoms. The molecule has 224 valence electrons. The number of carbonyl (C=O) groups is 3. The van der Waals surface area contributed by atoms with Crippen LogP contribution in [0.1, 0.15) is 55.2 Å². The van der Waals surface area contributed by atoms with Crippen molar-refractivity contribution in [1.82, 2.24) is 20.2 Å². The number of amides is 2. The van der Waals surface area contributed by atoms with Crippen LogP contribution in [0.25, 0.3) is 10.8 Å². The van der Waals surface area contributed by atoms with Gasteiger partial charge < -0.3 is 32.4 Å². The summed E-state index contributed by atoms with van der Waals surface area (Å²) in [4.78, 5) is 45.9. The number of carboxylic acid groups (broad SMARTS) is 1. The second-order valence-corrected chi connectivity index (χ2v) is 11.0. The Balaban J connectivity index is 1.71. The number of fused-ring (bicyclic) bond motifs is 1. The summed E-state index contributed by atoms with van der Waals surface area (Å²) in [6.45, 7) is 5.23. The first kappa shape index (κ1) is 31.9. The minimum atomic E-state index is -1.18. The molecule has 0 radical (unpaired) electrons. The number of unbranched alkanes of at least 4 members (excludes halogenated alkanes) is 1. The number of rotatable bonds is 10. The van der Waals surface area contributed by atoms with Gasteiger partial charge in [-0.25, -0.2) is 19.6 Å². The second kappa shape index (κ2) is 13.3. The van der Waals surface area contributed by atoms with E-state index in [1.54, 1.807) is 20.8 Å². The normalized spacial score (nSPS) is 12.0. The summed E-state index contributed by atoms with van der Waals surface area (Å²) >= 11 is 5.89. The lowest BCUT2D eigenvalue weighted by Crippen LogP contribution is -2.44. The average Bonchev–Trinajstić information content (AvgIpc) is 2.89. The number of aryl methyl sites for hydroxylation is 1. The zero-order chi connectivity index (χ0) is 31.2. The highest BCUT2D eigenvalue weighted by molar-refractivity contribution is 6.31. The summed E-state index contributed by atoms with van der Waals surface area (Å²) in [5.74, 6) is -2.69. The highest BCUT2D eigenvalue weighted by Gasteiger charge is 2.26. The standard InChI is InChI=1S/C28H35ClN8O5/c1-28(2,3)42-27(41)34-19(25(39)40)14-16-12-11-15(17-9-4-5-10-18(16)17)8-6-7-13-37(26(32)33)24(38)20-22(30)36-23(31)21(29)35-20/h4-5,9-12,19H,6-8,13-14H2,1-3H3,(H3,32,33)(H,34,41)(H,39,40)(H4,30,31,36)/t19-/m0/s1. The highest BCUT2D eigenvalue weighted by atomic mass is 35.5. The number of carbonyl (C=O) groups excluding carboxylic acids is 2. The molecule has 0 fully saturated rings. The number of carboxylic acids is 1. The first-order valence-corrected chi connectivity index (χ1v) is 13.5. The Labute approximate surface area is 247 Å². The van der Waals surface area contributed by atoms with Crippen molar-refractivity contribution in [3.8, 4) is 0 Å². The van der Waals surface area contributed by atoms with Crippen LogP contribution < -0.4 is 22.5 Å². The molecule has 0 aliphatic heterocycles. The molecule has 3 rings (SSSR count). The Bertz CT molecular complexity index is 1510. The molecule has 9 N–H and O–H groups in total. The van der Waals surface area contributed by atoms with Crippen molar-refractivity contribution in [2.24, 2.45) is 5.73 Å². The zero-order valence-electron chi connectivity index (χ0n) is 23.6. The molecule has 1 atom stereocenters. The van der Waals surface area contributed by atoms with Crippen molar-refractivity contribution < 1.29 is 24.2 Å². The summed E-state index contributed by atoms with van der Waals surface area (Å²) in [6, 6.07) is 10.2. The van der Waals surface area contributed by atoms with E-state index in [2.05, 4.69) is 15.3 Å². The number of nitrogens with two attached hydrogens (primary N) is 3. The molecule has 0 aliphatic rings. The van der Waals surface area contributed by atoms with Crippen LogP contribution in [0.2, 0.25) is 5.15 Å². The van der Waals surface area contributed by atoms with E-state index in [9.17, 15) is 19.5 Å². The summed E-state index contributed by atoms with van der Waals surface area (Å²) in [5.41, 5.74) is 17.8. The molecule has 0 saturated carbocycles. The largest absolute Gasteiger partial charge is 0.480 e. The Morgan fingerprint density at radius 1 is 1.05 bits per heavy atom. The lowest BCUT2D eigenvalue weighted by atomic mass is 9.93. The summed E-state index contributed by atoms with van der Waals surface area (Å²) in [7, 11) is 0. The van der Waals surface area contributed by atoms with Gasteiger partial charge in [0.25, 0.3) is 5.91 Å². The van der Waals surface area contributed by atoms with Gasteiger partial charge in [0.2, 0.25) is 0 Å². The van der Waals surface area contributed by atoms with Gasteiger partial charge in [0.05, 0.1) is 0 Å². The summed E-state index contributed by atoms with van der Waals surface area (Å²) < 4.78 is 5.22. The van der Waals surface area contributed by atoms with E-state index in [0.29, 0.717) is 19.3 Å². The molecule has 3 aromatic rings. The Kier molecular flexibility index (Phi) is 10.1. The molecule has 0 unspecified atom stereocenters. The maximum atomic E-state index is 13.0. The van der Waals surface area contributed by atoms with Gasteiger partial charge in [0, 0.05) is 13.0 Å². The van der Waals surface area contributed by atoms with Crippen molar-refractivity contribution in [3.63, 3.8) is 0 Å². The van der Waals surface area contributed by atoms with Gasteiger partial charge in [-0.1, -0.05) is 48.0 Å². The van der Waals surface area contributed by atoms with Gasteiger partial charge in [-0.2, -0.15) is 0 Å². The predicted octanol–water partition coefficient (Wildman–Crippen LogP) is 3.33. The SMILES string of the molecule is CC(C)(C)OC(=O)N[C@@H](Cc1ccc(CCCCN(C(=N)N)C(=O)c2nc(Cl)c(N)nc2N)c2ccccc12)C(=O)O. The fourth-order valence-corrected chi connectivity index (χ4v) is 4.46. The van der Waals surface area contributed by atoms with Gasteiger partial charge in [-0.15, -0.1) is 0 Å². The number of nitrogen functional groups attached to an aromatic ring is 2. The summed E-state index contributed by atoms with van der Waals surface area (Å²) in [5, 5.41) is 21.7. The monoisotopic (exact) mass is 598 g/mol. The van der Waals surface area contributed by atoms with Gasteiger partial charge in [0.1, 0.15) is 11.6 Å². The van der Waals surface area contributed by atoms with Crippen molar-refractivity contribution in [2.45, 2.75) is 58.1 Å². The molecule has 2 amide bonds. The average molecular weight is 599 g/mol. The van der Waals surface area contributed by atoms with E-state index in [4.69, 9.17) is 38.9 Å². The van der Waals surface area contributed by atoms with Gasteiger partial charge >= 0.3 is 12.1 Å². The van der Waals surface area contributed by atoms with Crippen molar-refractivity contribution in [2.75, 3.05) is 18.0 Å². The molecular weight excluding hydrogens is 564 g/mol. The van der Waals surface area contributed by atoms with E-state index in [0.717, 1.165) is 26.8 Å². The molecule has 2 aromatic carbocycles. The number of benzene rings is 2. The maximum absolute atomic E-state index is 13.0. The number of hydrogen-bond donors (Lipinski definition) is 6. The lowest BCUT2D eigenvalue weighted by Gasteiger charge is -2.22. The number of anilines is 2. The van der Waals surface area contributed by atoms with Crippen molar-refractivity contribution in [1.29, 1.82) is 5.41 Å². The first-order valence-electron chi connectivity index (χ1n) is 13.1. The van der Waals surface area contributed by atoms with E-state index in [1.165, 1.54) is 0 Å². The quantitative estimate of drug-likeness (QED) is 0.113. The van der Waals surface area contributed by atoms with E-state index in [-0.39, 0.29) is 35.4 Å². The van der Waals surface area contributed by atoms with E-state index < -0.39 is 35.6 Å². The molecule has 1 heterocycles. The second-order valence-electron chi connectivity index (χ2n) is 10.6. The lowest BCUT2D eigenvalue weighted by molar-refractivity contribution is -0.139. The molecule has 42 heavy (non-hydrogen) atoms. The third-order valence-electron chi connectivity index (χ3n) is 6.24. The van der Waals surface area contributed by atoms with E-state index in [1.807, 2.05) is 36.4 Å². The smallest absolute Gasteiger partial charge is 0.408 e. The highest BCUT2D eigenvalue weighted by Crippen LogP contribution is 2.26.